The van der Waals surface area contributed by atoms with Crippen LogP contribution in [0.4, 0.5) is 0 Å². The number of nitrogens with zero attached hydrogens (tertiary/aromatic N) is 1. The molecular formula is C11H9N3O6. The summed E-state index contributed by atoms with van der Waals surface area (Å²) in [7, 11) is 0. The second kappa shape index (κ2) is 4.55. The molecule has 0 aliphatic rings. The number of phenols is 2. The van der Waals surface area contributed by atoms with Crippen LogP contribution in [0.15, 0.2) is 16.9 Å². The van der Waals surface area contributed by atoms with Gasteiger partial charge in [-0.15, -0.1) is 0 Å². The minimum Gasteiger partial charge on any atom is -0.504 e. The number of carbonyl (C=O) groups excluding carboxylic acids is 2. The molecule has 0 saturated carbocycles. The van der Waals surface area contributed by atoms with Gasteiger partial charge in [0.25, 0.3) is 5.91 Å². The SMILES string of the molecule is NNC(=O)c1c(C=O)c(=O)c2cc(O)c(O)cc2n1O. The number of aromatic hydroxyl groups is 2. The number of amides is 1. The molecule has 104 valence electrons. The number of nitrogens with one attached hydrogen (secondary N) is 1. The third-order valence-corrected chi connectivity index (χ3v) is 2.74. The average molecular weight is 279 g/mol. The number of carbonyl (C=O) groups is 2. The third-order valence-electron chi connectivity index (χ3n) is 2.74. The standard InChI is InChI=1S/C11H9N3O6/c12-13-11(19)9-5(3-15)10(18)4-1-7(16)8(17)2-6(4)14(9)20/h1-3,16-17,20H,12H2,(H,13,19). The predicted molar refractivity (Wildman–Crippen MR) is 65.8 cm³/mol. The summed E-state index contributed by atoms with van der Waals surface area (Å²) in [4.78, 5) is 34.5. The Morgan fingerprint density at radius 3 is 2.45 bits per heavy atom. The first-order valence-electron chi connectivity index (χ1n) is 5.22. The molecule has 20 heavy (non-hydrogen) atoms. The molecular weight excluding hydrogens is 270 g/mol. The van der Waals surface area contributed by atoms with Crippen molar-refractivity contribution in [2.24, 2.45) is 5.84 Å². The van der Waals surface area contributed by atoms with Gasteiger partial charge in [0.15, 0.2) is 23.5 Å². The molecule has 0 unspecified atom stereocenters. The molecule has 9 heteroatoms. The molecule has 1 amide bonds. The van der Waals surface area contributed by atoms with Crippen LogP contribution in [0.1, 0.15) is 20.8 Å². The van der Waals surface area contributed by atoms with Gasteiger partial charge in [-0.3, -0.25) is 19.8 Å². The Hall–Kier alpha value is -3.07. The zero-order valence-corrected chi connectivity index (χ0v) is 9.82. The van der Waals surface area contributed by atoms with E-state index in [9.17, 15) is 29.8 Å². The van der Waals surface area contributed by atoms with Crippen LogP contribution in [-0.2, 0) is 0 Å². The summed E-state index contributed by atoms with van der Waals surface area (Å²) in [6, 6.07) is 1.74. The number of hydrogen-bond acceptors (Lipinski definition) is 7. The van der Waals surface area contributed by atoms with E-state index >= 15 is 0 Å². The van der Waals surface area contributed by atoms with Gasteiger partial charge in [0.1, 0.15) is 0 Å². The smallest absolute Gasteiger partial charge is 0.286 e. The molecule has 0 spiro atoms. The van der Waals surface area contributed by atoms with Crippen LogP contribution in [0.5, 0.6) is 11.5 Å². The number of hydrogen-bond donors (Lipinski definition) is 5. The van der Waals surface area contributed by atoms with Crippen LogP contribution in [0.25, 0.3) is 10.9 Å². The fraction of sp³-hybridized carbons (Fsp3) is 0. The fourth-order valence-corrected chi connectivity index (χ4v) is 1.81. The van der Waals surface area contributed by atoms with E-state index in [0.717, 1.165) is 12.1 Å². The van der Waals surface area contributed by atoms with Gasteiger partial charge in [-0.2, -0.15) is 4.73 Å². The minimum absolute atomic E-state index is 0.0863. The van der Waals surface area contributed by atoms with Crippen LogP contribution in [0, 0.1) is 0 Å². The van der Waals surface area contributed by atoms with Crippen molar-refractivity contribution in [3.8, 4) is 11.5 Å². The lowest BCUT2D eigenvalue weighted by atomic mass is 10.1. The topological polar surface area (TPSA) is 155 Å². The molecule has 2 rings (SSSR count). The Morgan fingerprint density at radius 2 is 1.90 bits per heavy atom. The van der Waals surface area contributed by atoms with Crippen LogP contribution in [0.2, 0.25) is 0 Å². The first-order valence-corrected chi connectivity index (χ1v) is 5.22. The highest BCUT2D eigenvalue weighted by molar-refractivity contribution is 6.03. The van der Waals surface area contributed by atoms with Crippen molar-refractivity contribution in [1.29, 1.82) is 0 Å². The van der Waals surface area contributed by atoms with Crippen molar-refractivity contribution in [3.63, 3.8) is 0 Å². The molecule has 0 atom stereocenters. The number of fused-ring (bicyclic) bond motifs is 1. The normalized spacial score (nSPS) is 10.4. The van der Waals surface area contributed by atoms with Gasteiger partial charge in [-0.05, 0) is 6.07 Å². The van der Waals surface area contributed by atoms with Gasteiger partial charge >= 0.3 is 0 Å². The number of nitrogen functional groups attached to an aromatic ring is 1. The summed E-state index contributed by atoms with van der Waals surface area (Å²) in [6.07, 6.45) is 0.0863. The average Bonchev–Trinajstić information content (AvgIpc) is 2.43. The Balaban J connectivity index is 3.06. The second-order valence-corrected chi connectivity index (χ2v) is 3.85. The summed E-state index contributed by atoms with van der Waals surface area (Å²) in [5.74, 6) is 2.62. The molecule has 1 heterocycles. The maximum Gasteiger partial charge on any atom is 0.286 e. The highest BCUT2D eigenvalue weighted by Crippen LogP contribution is 2.29. The minimum atomic E-state index is -1.07. The quantitative estimate of drug-likeness (QED) is 0.119. The molecule has 9 nitrogen and oxygen atoms in total. The Bertz CT molecular complexity index is 795. The van der Waals surface area contributed by atoms with E-state index in [1.54, 1.807) is 5.43 Å². The van der Waals surface area contributed by atoms with Crippen LogP contribution >= 0.6 is 0 Å². The molecule has 1 aromatic heterocycles. The molecule has 0 radical (unpaired) electrons. The maximum absolute atomic E-state index is 12.0. The fourth-order valence-electron chi connectivity index (χ4n) is 1.81. The zero-order chi connectivity index (χ0) is 15.0. The highest BCUT2D eigenvalue weighted by atomic mass is 16.5. The molecule has 0 aliphatic heterocycles. The molecule has 0 saturated heterocycles. The third kappa shape index (κ3) is 1.73. The van der Waals surface area contributed by atoms with E-state index in [1.807, 2.05) is 0 Å². The van der Waals surface area contributed by atoms with E-state index in [1.165, 1.54) is 0 Å². The number of phenolic OH excluding ortho intramolecular Hbond substituents is 2. The van der Waals surface area contributed by atoms with Crippen molar-refractivity contribution >= 4 is 23.1 Å². The van der Waals surface area contributed by atoms with E-state index in [-0.39, 0.29) is 21.9 Å². The van der Waals surface area contributed by atoms with Crippen LogP contribution in [-0.4, -0.2) is 32.3 Å². The Kier molecular flexibility index (Phi) is 3.04. The summed E-state index contributed by atoms with van der Waals surface area (Å²) in [5, 5.41) is 28.4. The molecule has 0 fully saturated rings. The van der Waals surface area contributed by atoms with Gasteiger partial charge < -0.3 is 15.4 Å². The lowest BCUT2D eigenvalue weighted by molar-refractivity contribution is 0.0898. The van der Waals surface area contributed by atoms with Gasteiger partial charge in [0, 0.05) is 6.07 Å². The number of nitrogens with two attached hydrogens (primary N) is 1. The van der Waals surface area contributed by atoms with Gasteiger partial charge in [0.05, 0.1) is 16.5 Å². The number of benzene rings is 1. The number of aromatic nitrogens is 1. The Labute approximate surface area is 110 Å². The number of rotatable bonds is 2. The van der Waals surface area contributed by atoms with Crippen molar-refractivity contribution in [1.82, 2.24) is 10.2 Å². The van der Waals surface area contributed by atoms with Crippen LogP contribution in [0.3, 0.4) is 0 Å². The molecule has 1 aromatic carbocycles. The van der Waals surface area contributed by atoms with Gasteiger partial charge in [0.2, 0.25) is 5.43 Å². The highest BCUT2D eigenvalue weighted by Gasteiger charge is 2.22. The van der Waals surface area contributed by atoms with E-state index in [0.29, 0.717) is 0 Å². The summed E-state index contributed by atoms with van der Waals surface area (Å²) < 4.78 is 0.238. The first-order chi connectivity index (χ1) is 9.42. The predicted octanol–water partition coefficient (Wildman–Crippen LogP) is -0.934. The summed E-state index contributed by atoms with van der Waals surface area (Å²) in [6.45, 7) is 0. The molecule has 0 bridgehead atoms. The molecule has 0 aliphatic carbocycles. The zero-order valence-electron chi connectivity index (χ0n) is 9.82. The molecule has 2 aromatic rings. The van der Waals surface area contributed by atoms with Gasteiger partial charge in [-0.25, -0.2) is 5.84 Å². The number of aldehydes is 1. The summed E-state index contributed by atoms with van der Waals surface area (Å²) in [5.41, 5.74) is -0.785. The second-order valence-electron chi connectivity index (χ2n) is 3.85. The summed E-state index contributed by atoms with van der Waals surface area (Å²) >= 11 is 0. The van der Waals surface area contributed by atoms with E-state index in [4.69, 9.17) is 5.84 Å². The van der Waals surface area contributed by atoms with Crippen molar-refractivity contribution in [3.05, 3.63) is 33.6 Å². The van der Waals surface area contributed by atoms with Crippen LogP contribution < -0.4 is 16.7 Å². The molecule has 6 N–H and O–H groups in total. The van der Waals surface area contributed by atoms with E-state index < -0.39 is 34.1 Å². The van der Waals surface area contributed by atoms with Crippen molar-refractivity contribution < 1.29 is 25.0 Å². The maximum atomic E-state index is 12.0. The number of pyridine rings is 1. The van der Waals surface area contributed by atoms with E-state index in [2.05, 4.69) is 0 Å². The van der Waals surface area contributed by atoms with Crippen molar-refractivity contribution in [2.45, 2.75) is 0 Å². The number of hydrazine groups is 1. The lowest BCUT2D eigenvalue weighted by Crippen LogP contribution is -2.35. The first kappa shape index (κ1) is 13.4. The Morgan fingerprint density at radius 1 is 1.30 bits per heavy atom. The largest absolute Gasteiger partial charge is 0.504 e. The monoisotopic (exact) mass is 279 g/mol. The lowest BCUT2D eigenvalue weighted by Gasteiger charge is -2.12. The van der Waals surface area contributed by atoms with Crippen molar-refractivity contribution in [2.75, 3.05) is 0 Å². The van der Waals surface area contributed by atoms with Gasteiger partial charge in [-0.1, -0.05) is 0 Å².